The highest BCUT2D eigenvalue weighted by Gasteiger charge is 2.15. The predicted molar refractivity (Wildman–Crippen MR) is 74.3 cm³/mol. The van der Waals surface area contributed by atoms with Crippen LogP contribution in [0.25, 0.3) is 32.9 Å². The third-order valence-corrected chi connectivity index (χ3v) is 3.35. The summed E-state index contributed by atoms with van der Waals surface area (Å²) >= 11 is 0. The molecule has 0 bridgehead atoms. The maximum Gasteiger partial charge on any atom is 0.273 e. The first-order valence-corrected chi connectivity index (χ1v) is 5.99. The SMILES string of the molecule is O=c1[nH]nc2c3ncccc3c3ccccc3cc1-2. The van der Waals surface area contributed by atoms with Gasteiger partial charge in [0.05, 0.1) is 11.1 Å². The molecule has 0 atom stereocenters. The van der Waals surface area contributed by atoms with Crippen molar-refractivity contribution in [3.8, 4) is 11.3 Å². The molecule has 0 unspecified atom stereocenters. The van der Waals surface area contributed by atoms with Gasteiger partial charge in [0.15, 0.2) is 0 Å². The van der Waals surface area contributed by atoms with Crippen molar-refractivity contribution in [1.29, 1.82) is 0 Å². The van der Waals surface area contributed by atoms with Crippen LogP contribution in [0.1, 0.15) is 0 Å². The van der Waals surface area contributed by atoms with Gasteiger partial charge in [-0.15, -0.1) is 0 Å². The van der Waals surface area contributed by atoms with Gasteiger partial charge in [0, 0.05) is 11.6 Å². The Morgan fingerprint density at radius 2 is 1.84 bits per heavy atom. The molecule has 0 saturated carbocycles. The van der Waals surface area contributed by atoms with E-state index in [2.05, 4.69) is 15.2 Å². The fourth-order valence-electron chi connectivity index (χ4n) is 2.48. The van der Waals surface area contributed by atoms with Crippen LogP contribution in [0.3, 0.4) is 0 Å². The molecule has 90 valence electrons. The molecule has 0 saturated heterocycles. The minimum atomic E-state index is -0.177. The number of hydrogen-bond donors (Lipinski definition) is 1. The highest BCUT2D eigenvalue weighted by atomic mass is 16.1. The number of fused-ring (bicyclic) bond motifs is 5. The van der Waals surface area contributed by atoms with Crippen LogP contribution in [0.2, 0.25) is 0 Å². The zero-order valence-electron chi connectivity index (χ0n) is 9.92. The summed E-state index contributed by atoms with van der Waals surface area (Å²) in [7, 11) is 0. The molecule has 1 aliphatic carbocycles. The van der Waals surface area contributed by atoms with E-state index in [1.165, 1.54) is 0 Å². The predicted octanol–water partition coefficient (Wildman–Crippen LogP) is 2.58. The summed E-state index contributed by atoms with van der Waals surface area (Å²) in [5.74, 6) is 0. The Bertz CT molecular complexity index is 943. The van der Waals surface area contributed by atoms with Gasteiger partial charge in [0.2, 0.25) is 0 Å². The fraction of sp³-hybridized carbons (Fsp3) is 0. The second-order valence-corrected chi connectivity index (χ2v) is 4.45. The van der Waals surface area contributed by atoms with E-state index < -0.39 is 0 Å². The Morgan fingerprint density at radius 1 is 1.00 bits per heavy atom. The first-order valence-electron chi connectivity index (χ1n) is 5.99. The summed E-state index contributed by atoms with van der Waals surface area (Å²) < 4.78 is 0. The quantitative estimate of drug-likeness (QED) is 0.519. The molecule has 2 heterocycles. The van der Waals surface area contributed by atoms with E-state index in [-0.39, 0.29) is 5.56 Å². The second kappa shape index (κ2) is 3.62. The molecule has 1 N–H and O–H groups in total. The van der Waals surface area contributed by atoms with Crippen LogP contribution in [0.5, 0.6) is 0 Å². The van der Waals surface area contributed by atoms with E-state index in [0.717, 1.165) is 21.7 Å². The maximum absolute atomic E-state index is 11.9. The van der Waals surface area contributed by atoms with E-state index in [9.17, 15) is 4.79 Å². The molecule has 4 nitrogen and oxygen atoms in total. The number of benzene rings is 1. The monoisotopic (exact) mass is 247 g/mol. The van der Waals surface area contributed by atoms with Gasteiger partial charge in [0.1, 0.15) is 5.69 Å². The van der Waals surface area contributed by atoms with E-state index in [4.69, 9.17) is 0 Å². The Morgan fingerprint density at radius 3 is 2.79 bits per heavy atom. The van der Waals surface area contributed by atoms with Crippen molar-refractivity contribution >= 4 is 21.7 Å². The second-order valence-electron chi connectivity index (χ2n) is 4.45. The Labute approximate surface area is 108 Å². The van der Waals surface area contributed by atoms with Gasteiger partial charge in [-0.05, 0) is 22.9 Å². The van der Waals surface area contributed by atoms with Crippen molar-refractivity contribution in [3.05, 3.63) is 59.0 Å². The van der Waals surface area contributed by atoms with E-state index >= 15 is 0 Å². The molecule has 4 rings (SSSR count). The number of nitrogens with zero attached hydrogens (tertiary/aromatic N) is 2. The van der Waals surface area contributed by atoms with Crippen molar-refractivity contribution < 1.29 is 0 Å². The third kappa shape index (κ3) is 1.37. The standard InChI is InChI=1S/C15H9N3O/c19-15-12-8-9-4-1-2-5-10(9)11-6-3-7-16-13(11)14(12)17-18-15/h1-8H,(H,18,19). The minimum absolute atomic E-state index is 0.177. The van der Waals surface area contributed by atoms with Crippen molar-refractivity contribution in [2.45, 2.75) is 0 Å². The lowest BCUT2D eigenvalue weighted by atomic mass is 10.1. The van der Waals surface area contributed by atoms with Gasteiger partial charge in [-0.2, -0.15) is 5.10 Å². The number of H-pyrrole nitrogens is 1. The summed E-state index contributed by atoms with van der Waals surface area (Å²) in [5, 5.41) is 9.69. The zero-order chi connectivity index (χ0) is 12.8. The lowest BCUT2D eigenvalue weighted by molar-refractivity contribution is 1.07. The third-order valence-electron chi connectivity index (χ3n) is 3.35. The van der Waals surface area contributed by atoms with E-state index in [0.29, 0.717) is 11.3 Å². The summed E-state index contributed by atoms with van der Waals surface area (Å²) in [5.41, 5.74) is 1.77. The van der Waals surface area contributed by atoms with Gasteiger partial charge in [-0.3, -0.25) is 9.78 Å². The molecule has 1 aromatic heterocycles. The van der Waals surface area contributed by atoms with Crippen molar-refractivity contribution in [2.24, 2.45) is 0 Å². The first-order chi connectivity index (χ1) is 9.34. The Kier molecular flexibility index (Phi) is 1.94. The molecule has 0 fully saturated rings. The fourth-order valence-corrected chi connectivity index (χ4v) is 2.48. The van der Waals surface area contributed by atoms with E-state index in [1.54, 1.807) is 6.20 Å². The van der Waals surface area contributed by atoms with Crippen LogP contribution >= 0.6 is 0 Å². The van der Waals surface area contributed by atoms with Crippen LogP contribution in [0, 0.1) is 0 Å². The van der Waals surface area contributed by atoms with Crippen LogP contribution in [-0.2, 0) is 0 Å². The summed E-state index contributed by atoms with van der Waals surface area (Å²) in [6.07, 6.45) is 1.72. The number of aromatic nitrogens is 3. The van der Waals surface area contributed by atoms with Crippen molar-refractivity contribution in [2.75, 3.05) is 0 Å². The summed E-state index contributed by atoms with van der Waals surface area (Å²) in [6, 6.07) is 13.7. The lowest BCUT2D eigenvalue weighted by Gasteiger charge is -1.96. The topological polar surface area (TPSA) is 58.6 Å². The Hall–Kier alpha value is -2.75. The molecule has 0 radical (unpaired) electrons. The molecule has 2 aliphatic rings. The summed E-state index contributed by atoms with van der Waals surface area (Å²) in [6.45, 7) is 0. The average molecular weight is 247 g/mol. The Balaban J connectivity index is 2.42. The van der Waals surface area contributed by atoms with Crippen molar-refractivity contribution in [3.63, 3.8) is 0 Å². The van der Waals surface area contributed by atoms with Crippen LogP contribution in [0.15, 0.2) is 53.5 Å². The highest BCUT2D eigenvalue weighted by molar-refractivity contribution is 6.09. The molecule has 4 heteroatoms. The minimum Gasteiger partial charge on any atom is -0.267 e. The van der Waals surface area contributed by atoms with Crippen LogP contribution in [0.4, 0.5) is 0 Å². The van der Waals surface area contributed by atoms with Gasteiger partial charge in [0.25, 0.3) is 5.56 Å². The van der Waals surface area contributed by atoms with Gasteiger partial charge in [-0.1, -0.05) is 30.3 Å². The summed E-state index contributed by atoms with van der Waals surface area (Å²) in [4.78, 5) is 16.3. The molecule has 2 aromatic rings. The number of aromatic amines is 1. The highest BCUT2D eigenvalue weighted by Crippen LogP contribution is 2.29. The van der Waals surface area contributed by atoms with Crippen molar-refractivity contribution in [1.82, 2.24) is 15.2 Å². The maximum atomic E-state index is 11.9. The van der Waals surface area contributed by atoms with Gasteiger partial charge < -0.3 is 0 Å². The van der Waals surface area contributed by atoms with Crippen LogP contribution < -0.4 is 5.56 Å². The molecular weight excluding hydrogens is 238 g/mol. The molecule has 0 spiro atoms. The molecule has 1 aliphatic heterocycles. The van der Waals surface area contributed by atoms with Gasteiger partial charge in [-0.25, -0.2) is 5.10 Å². The number of hydrogen-bond acceptors (Lipinski definition) is 3. The molecular formula is C15H9N3O. The number of nitrogens with one attached hydrogen (secondary N) is 1. The zero-order valence-corrected chi connectivity index (χ0v) is 9.92. The lowest BCUT2D eigenvalue weighted by Crippen LogP contribution is -1.98. The molecule has 19 heavy (non-hydrogen) atoms. The smallest absolute Gasteiger partial charge is 0.267 e. The number of pyridine rings is 1. The number of rotatable bonds is 0. The molecule has 0 amide bonds. The van der Waals surface area contributed by atoms with E-state index in [1.807, 2.05) is 42.5 Å². The first kappa shape index (κ1) is 10.2. The average Bonchev–Trinajstić information content (AvgIpc) is 2.74. The largest absolute Gasteiger partial charge is 0.273 e. The van der Waals surface area contributed by atoms with Crippen LogP contribution in [-0.4, -0.2) is 15.2 Å². The van der Waals surface area contributed by atoms with Gasteiger partial charge >= 0.3 is 0 Å². The molecule has 1 aromatic carbocycles. The normalized spacial score (nSPS) is 11.4.